The van der Waals surface area contributed by atoms with Crippen LogP contribution in [0.5, 0.6) is 17.2 Å². The molecule has 1 heterocycles. The van der Waals surface area contributed by atoms with Crippen molar-refractivity contribution in [1.29, 1.82) is 0 Å². The SMILES string of the molecule is C#C.CC.CC(C)C.CC1C[C@H](c2ccc(O)cc2)Oc2ccc(O)cc21. The number of rotatable bonds is 1. The minimum Gasteiger partial charge on any atom is -0.508 e. The Labute approximate surface area is 165 Å². The monoisotopic (exact) mass is 370 g/mol. The smallest absolute Gasteiger partial charge is 0.124 e. The number of ether oxygens (including phenoxy) is 1. The van der Waals surface area contributed by atoms with Crippen LogP contribution in [0.2, 0.25) is 0 Å². The third kappa shape index (κ3) is 8.09. The van der Waals surface area contributed by atoms with Crippen molar-refractivity contribution < 1.29 is 14.9 Å². The van der Waals surface area contributed by atoms with Gasteiger partial charge in [-0.05, 0) is 54.2 Å². The fourth-order valence-electron chi connectivity index (χ4n) is 2.57. The van der Waals surface area contributed by atoms with Gasteiger partial charge in [-0.3, -0.25) is 0 Å². The molecule has 1 aliphatic heterocycles. The van der Waals surface area contributed by atoms with Crippen molar-refractivity contribution in [2.24, 2.45) is 5.92 Å². The van der Waals surface area contributed by atoms with E-state index in [1.165, 1.54) is 0 Å². The number of phenols is 2. The highest BCUT2D eigenvalue weighted by Crippen LogP contribution is 2.43. The molecule has 148 valence electrons. The predicted octanol–water partition coefficient (Wildman–Crippen LogP) is 6.66. The molecule has 2 aromatic carbocycles. The number of phenolic OH excluding ortho intramolecular Hbond substituents is 2. The highest BCUT2D eigenvalue weighted by molar-refractivity contribution is 5.44. The van der Waals surface area contributed by atoms with E-state index in [9.17, 15) is 10.2 Å². The first kappa shape index (κ1) is 24.4. The minimum absolute atomic E-state index is 0.00681. The molecule has 0 spiro atoms. The van der Waals surface area contributed by atoms with Crippen molar-refractivity contribution in [2.75, 3.05) is 0 Å². The summed E-state index contributed by atoms with van der Waals surface area (Å²) in [6.45, 7) is 12.6. The number of aromatic hydroxyl groups is 2. The molecule has 1 aliphatic rings. The van der Waals surface area contributed by atoms with E-state index in [0.717, 1.165) is 29.2 Å². The Bertz CT molecular complexity index is 669. The van der Waals surface area contributed by atoms with Crippen molar-refractivity contribution in [3.8, 4) is 30.1 Å². The molecule has 0 bridgehead atoms. The molecular weight excluding hydrogens is 336 g/mol. The molecular formula is C24H34O3. The summed E-state index contributed by atoms with van der Waals surface area (Å²) in [7, 11) is 0. The maximum absolute atomic E-state index is 9.54. The van der Waals surface area contributed by atoms with Crippen LogP contribution in [-0.4, -0.2) is 10.2 Å². The van der Waals surface area contributed by atoms with Crippen LogP contribution in [0.25, 0.3) is 0 Å². The van der Waals surface area contributed by atoms with E-state index >= 15 is 0 Å². The molecule has 0 saturated heterocycles. The molecule has 27 heavy (non-hydrogen) atoms. The third-order valence-electron chi connectivity index (χ3n) is 3.63. The van der Waals surface area contributed by atoms with Crippen LogP contribution in [0.1, 0.15) is 71.1 Å². The summed E-state index contributed by atoms with van der Waals surface area (Å²) in [6, 6.07) is 12.4. The lowest BCUT2D eigenvalue weighted by molar-refractivity contribution is 0.163. The molecule has 0 fully saturated rings. The summed E-state index contributed by atoms with van der Waals surface area (Å²) in [6.07, 6.45) is 8.86. The van der Waals surface area contributed by atoms with Crippen molar-refractivity contribution in [1.82, 2.24) is 0 Å². The minimum atomic E-state index is -0.00681. The van der Waals surface area contributed by atoms with Gasteiger partial charge < -0.3 is 14.9 Å². The molecule has 2 aromatic rings. The zero-order valence-electron chi connectivity index (χ0n) is 17.4. The molecule has 2 N–H and O–H groups in total. The zero-order chi connectivity index (χ0) is 21.0. The van der Waals surface area contributed by atoms with Gasteiger partial charge in [0.05, 0.1) is 0 Å². The molecule has 0 aromatic heterocycles. The van der Waals surface area contributed by atoms with E-state index in [0.29, 0.717) is 5.92 Å². The summed E-state index contributed by atoms with van der Waals surface area (Å²) in [5, 5.41) is 18.9. The standard InChI is InChI=1S/C16H16O3.C4H10.C2H6.C2H2/c1-10-8-16(11-2-4-12(17)5-3-11)19-15-7-6-13(18)9-14(10)15;1-4(2)3;2*1-2/h2-7,9-10,16-18H,8H2,1H3;4H,1-3H3;1-2H3;1-2H/t10?,16-;;;/m1.../s1. The summed E-state index contributed by atoms with van der Waals surface area (Å²) >= 11 is 0. The Morgan fingerprint density at radius 3 is 1.93 bits per heavy atom. The average Bonchev–Trinajstić information content (AvgIpc) is 2.66. The molecule has 1 unspecified atom stereocenters. The van der Waals surface area contributed by atoms with Gasteiger partial charge in [0.1, 0.15) is 23.4 Å². The Hall–Kier alpha value is -2.60. The Morgan fingerprint density at radius 2 is 1.41 bits per heavy atom. The summed E-state index contributed by atoms with van der Waals surface area (Å²) in [5.41, 5.74) is 2.11. The van der Waals surface area contributed by atoms with Crippen LogP contribution >= 0.6 is 0 Å². The van der Waals surface area contributed by atoms with E-state index in [1.54, 1.807) is 24.3 Å². The molecule has 0 radical (unpaired) electrons. The first-order chi connectivity index (χ1) is 12.9. The quantitative estimate of drug-likeness (QED) is 0.552. The van der Waals surface area contributed by atoms with Gasteiger partial charge in [0.2, 0.25) is 0 Å². The topological polar surface area (TPSA) is 49.7 Å². The van der Waals surface area contributed by atoms with Crippen LogP contribution in [0.4, 0.5) is 0 Å². The number of hydrogen-bond donors (Lipinski definition) is 2. The van der Waals surface area contributed by atoms with Crippen molar-refractivity contribution in [3.05, 3.63) is 53.6 Å². The number of hydrogen-bond acceptors (Lipinski definition) is 3. The summed E-state index contributed by atoms with van der Waals surface area (Å²) in [4.78, 5) is 0. The van der Waals surface area contributed by atoms with Crippen LogP contribution < -0.4 is 4.74 Å². The van der Waals surface area contributed by atoms with Gasteiger partial charge in [0.25, 0.3) is 0 Å². The molecule has 0 saturated carbocycles. The van der Waals surface area contributed by atoms with E-state index in [4.69, 9.17) is 4.74 Å². The van der Waals surface area contributed by atoms with Crippen LogP contribution in [0.3, 0.4) is 0 Å². The Kier molecular flexibility index (Phi) is 11.5. The molecule has 3 nitrogen and oxygen atoms in total. The maximum Gasteiger partial charge on any atom is 0.124 e. The van der Waals surface area contributed by atoms with Gasteiger partial charge in [-0.1, -0.05) is 53.7 Å². The van der Waals surface area contributed by atoms with Crippen molar-refractivity contribution in [3.63, 3.8) is 0 Å². The lowest BCUT2D eigenvalue weighted by Crippen LogP contribution is -2.17. The molecule has 3 heteroatoms. The molecule has 0 aliphatic carbocycles. The first-order valence-electron chi connectivity index (χ1n) is 9.48. The van der Waals surface area contributed by atoms with Gasteiger partial charge in [-0.25, -0.2) is 0 Å². The lowest BCUT2D eigenvalue weighted by Gasteiger charge is -2.30. The van der Waals surface area contributed by atoms with Crippen LogP contribution in [0, 0.1) is 18.8 Å². The average molecular weight is 371 g/mol. The van der Waals surface area contributed by atoms with Crippen molar-refractivity contribution in [2.45, 2.75) is 60.0 Å². The first-order valence-corrected chi connectivity index (χ1v) is 9.48. The number of benzene rings is 2. The van der Waals surface area contributed by atoms with E-state index in [-0.39, 0.29) is 17.6 Å². The van der Waals surface area contributed by atoms with Gasteiger partial charge in [0.15, 0.2) is 0 Å². The normalized spacial score (nSPS) is 16.8. The van der Waals surface area contributed by atoms with Crippen molar-refractivity contribution >= 4 is 0 Å². The third-order valence-corrected chi connectivity index (χ3v) is 3.63. The highest BCUT2D eigenvalue weighted by atomic mass is 16.5. The second kappa shape index (κ2) is 12.7. The van der Waals surface area contributed by atoms with E-state index in [1.807, 2.05) is 32.0 Å². The highest BCUT2D eigenvalue weighted by Gasteiger charge is 2.26. The van der Waals surface area contributed by atoms with Crippen LogP contribution in [-0.2, 0) is 0 Å². The van der Waals surface area contributed by atoms with Crippen LogP contribution in [0.15, 0.2) is 42.5 Å². The Balaban J connectivity index is 0.000000737. The molecule has 2 atom stereocenters. The fourth-order valence-corrected chi connectivity index (χ4v) is 2.57. The largest absolute Gasteiger partial charge is 0.508 e. The van der Waals surface area contributed by atoms with Gasteiger partial charge in [-0.15, -0.1) is 12.8 Å². The van der Waals surface area contributed by atoms with E-state index < -0.39 is 0 Å². The fraction of sp³-hybridized carbons (Fsp3) is 0.417. The molecule has 0 amide bonds. The second-order valence-corrected chi connectivity index (χ2v) is 6.79. The van der Waals surface area contributed by atoms with E-state index in [2.05, 4.69) is 40.5 Å². The maximum atomic E-state index is 9.54. The van der Waals surface area contributed by atoms with Gasteiger partial charge >= 0.3 is 0 Å². The molecule has 3 rings (SSSR count). The summed E-state index contributed by atoms with van der Waals surface area (Å²) < 4.78 is 5.99. The second-order valence-electron chi connectivity index (χ2n) is 6.79. The zero-order valence-corrected chi connectivity index (χ0v) is 17.4. The number of fused-ring (bicyclic) bond motifs is 1. The Morgan fingerprint density at radius 1 is 0.926 bits per heavy atom. The van der Waals surface area contributed by atoms with Gasteiger partial charge in [-0.2, -0.15) is 0 Å². The predicted molar refractivity (Wildman–Crippen MR) is 114 cm³/mol. The number of terminal acetylenes is 1. The lowest BCUT2D eigenvalue weighted by atomic mass is 9.89. The summed E-state index contributed by atoms with van der Waals surface area (Å²) in [5.74, 6) is 2.53. The van der Waals surface area contributed by atoms with Gasteiger partial charge in [0, 0.05) is 5.56 Å².